The van der Waals surface area contributed by atoms with E-state index in [0.717, 1.165) is 12.5 Å². The summed E-state index contributed by atoms with van der Waals surface area (Å²) in [6.45, 7) is 0. The third kappa shape index (κ3) is 3.17. The van der Waals surface area contributed by atoms with Crippen LogP contribution in [0.15, 0.2) is 18.2 Å². The number of methoxy groups -OCH3 is 1. The van der Waals surface area contributed by atoms with Crippen molar-refractivity contribution in [2.24, 2.45) is 0 Å². The van der Waals surface area contributed by atoms with Crippen molar-refractivity contribution in [2.75, 3.05) is 23.3 Å². The molecule has 0 aromatic heterocycles. The molecule has 1 atom stereocenters. The van der Waals surface area contributed by atoms with Gasteiger partial charge < -0.3 is 9.47 Å². The van der Waals surface area contributed by atoms with Crippen LogP contribution in [0, 0.1) is 0 Å². The van der Waals surface area contributed by atoms with Crippen LogP contribution >= 0.6 is 0 Å². The van der Waals surface area contributed by atoms with Gasteiger partial charge in [0, 0.05) is 12.0 Å². The quantitative estimate of drug-likeness (QED) is 0.698. The summed E-state index contributed by atoms with van der Waals surface area (Å²) in [6, 6.07) is 4.11. The highest BCUT2D eigenvalue weighted by atomic mass is 32.3. The summed E-state index contributed by atoms with van der Waals surface area (Å²) in [5.74, 6) is -0.165. The largest absolute Gasteiger partial charge is 0.478 e. The molecule has 0 fully saturated rings. The number of ether oxygens (including phenoxy) is 2. The van der Waals surface area contributed by atoms with Gasteiger partial charge in [0.25, 0.3) is 0 Å². The zero-order valence-electron chi connectivity index (χ0n) is 12.1. The second kappa shape index (κ2) is 5.43. The van der Waals surface area contributed by atoms with Crippen LogP contribution < -0.4 is 8.45 Å². The number of sulfonamides is 2. The molecule has 122 valence electrons. The van der Waals surface area contributed by atoms with Gasteiger partial charge in [-0.3, -0.25) is 0 Å². The maximum Gasteiger partial charge on any atom is 0.347 e. The van der Waals surface area contributed by atoms with Gasteiger partial charge >= 0.3 is 5.97 Å². The van der Waals surface area contributed by atoms with Crippen molar-refractivity contribution < 1.29 is 31.1 Å². The molecule has 0 amide bonds. The number of anilines is 1. The second-order valence-electron chi connectivity index (χ2n) is 4.85. The SMILES string of the molecule is COC(=O)[C@H]1Cc2cc(N(S(C)(=O)=O)S(C)(=O)=O)ccc2O1. The molecular formula is C12H15NO7S2. The van der Waals surface area contributed by atoms with E-state index in [4.69, 9.17) is 4.74 Å². The number of rotatable bonds is 4. The zero-order valence-corrected chi connectivity index (χ0v) is 13.8. The minimum atomic E-state index is -4.01. The number of carbonyl (C=O) groups is 1. The number of hydrogen-bond donors (Lipinski definition) is 0. The van der Waals surface area contributed by atoms with Gasteiger partial charge in [0.15, 0.2) is 6.10 Å². The first-order chi connectivity index (χ1) is 10.0. The summed E-state index contributed by atoms with van der Waals surface area (Å²) in [7, 11) is -6.80. The predicted molar refractivity (Wildman–Crippen MR) is 78.7 cm³/mol. The molecular weight excluding hydrogens is 334 g/mol. The molecule has 1 aromatic rings. The van der Waals surface area contributed by atoms with Crippen molar-refractivity contribution >= 4 is 31.7 Å². The number of hydrogen-bond acceptors (Lipinski definition) is 7. The Morgan fingerprint density at radius 3 is 2.32 bits per heavy atom. The average molecular weight is 349 g/mol. The Kier molecular flexibility index (Phi) is 4.09. The Labute approximate surface area is 128 Å². The molecule has 8 nitrogen and oxygen atoms in total. The minimum absolute atomic E-state index is 0.0298. The first-order valence-electron chi connectivity index (χ1n) is 6.12. The lowest BCUT2D eigenvalue weighted by molar-refractivity contribution is -0.147. The van der Waals surface area contributed by atoms with Crippen LogP contribution in [-0.2, 0) is 36.0 Å². The van der Waals surface area contributed by atoms with Crippen molar-refractivity contribution in [2.45, 2.75) is 12.5 Å². The van der Waals surface area contributed by atoms with Gasteiger partial charge in [-0.15, -0.1) is 0 Å². The smallest absolute Gasteiger partial charge is 0.347 e. The van der Waals surface area contributed by atoms with E-state index in [-0.39, 0.29) is 12.1 Å². The van der Waals surface area contributed by atoms with Crippen molar-refractivity contribution in [3.8, 4) is 5.75 Å². The lowest BCUT2D eigenvalue weighted by atomic mass is 10.1. The summed E-state index contributed by atoms with van der Waals surface area (Å²) in [5, 5.41) is 0. The molecule has 10 heteroatoms. The number of nitrogens with zero attached hydrogens (tertiary/aromatic N) is 1. The van der Waals surface area contributed by atoms with Crippen molar-refractivity contribution in [1.29, 1.82) is 0 Å². The van der Waals surface area contributed by atoms with E-state index in [0.29, 0.717) is 15.0 Å². The van der Waals surface area contributed by atoms with Crippen LogP contribution in [0.1, 0.15) is 5.56 Å². The van der Waals surface area contributed by atoms with Gasteiger partial charge in [-0.1, -0.05) is 0 Å². The van der Waals surface area contributed by atoms with Crippen molar-refractivity contribution in [3.05, 3.63) is 23.8 Å². The molecule has 1 heterocycles. The molecule has 1 aliphatic rings. The van der Waals surface area contributed by atoms with Crippen LogP contribution in [0.2, 0.25) is 0 Å². The monoisotopic (exact) mass is 349 g/mol. The molecule has 0 radical (unpaired) electrons. The molecule has 2 rings (SSSR count). The fourth-order valence-corrected chi connectivity index (χ4v) is 5.20. The number of fused-ring (bicyclic) bond motifs is 1. The Balaban J connectivity index is 2.44. The zero-order chi connectivity index (χ0) is 16.7. The molecule has 0 saturated heterocycles. The predicted octanol–water partition coefficient (Wildman–Crippen LogP) is -0.111. The Hall–Kier alpha value is -1.81. The first kappa shape index (κ1) is 16.6. The maximum absolute atomic E-state index is 11.7. The van der Waals surface area contributed by atoms with E-state index in [1.165, 1.54) is 25.3 Å². The summed E-state index contributed by atoms with van der Waals surface area (Å²) in [6.07, 6.45) is 0.960. The Bertz CT molecular complexity index is 782. The molecule has 0 aliphatic carbocycles. The maximum atomic E-state index is 11.7. The van der Waals surface area contributed by atoms with Gasteiger partial charge in [-0.2, -0.15) is 3.71 Å². The van der Waals surface area contributed by atoms with E-state index in [2.05, 4.69) is 4.74 Å². The lowest BCUT2D eigenvalue weighted by Gasteiger charge is -2.20. The van der Waals surface area contributed by atoms with Crippen LogP contribution in [0.5, 0.6) is 5.75 Å². The highest BCUT2D eigenvalue weighted by Gasteiger charge is 2.33. The van der Waals surface area contributed by atoms with E-state index in [1.807, 2.05) is 0 Å². The third-order valence-electron chi connectivity index (χ3n) is 3.00. The molecule has 0 bridgehead atoms. The second-order valence-corrected chi connectivity index (χ2v) is 8.74. The van der Waals surface area contributed by atoms with E-state index >= 15 is 0 Å². The Morgan fingerprint density at radius 1 is 1.23 bits per heavy atom. The summed E-state index contributed by atoms with van der Waals surface area (Å²) >= 11 is 0. The average Bonchev–Trinajstić information content (AvgIpc) is 2.77. The summed E-state index contributed by atoms with van der Waals surface area (Å²) < 4.78 is 57.3. The Morgan fingerprint density at radius 2 is 1.82 bits per heavy atom. The van der Waals surface area contributed by atoms with Gasteiger partial charge in [-0.25, -0.2) is 21.6 Å². The normalized spacial score (nSPS) is 17.5. The van der Waals surface area contributed by atoms with E-state index in [1.54, 1.807) is 0 Å². The highest BCUT2D eigenvalue weighted by molar-refractivity contribution is 8.09. The lowest BCUT2D eigenvalue weighted by Crippen LogP contribution is -2.35. The fraction of sp³-hybridized carbons (Fsp3) is 0.417. The van der Waals surface area contributed by atoms with E-state index < -0.39 is 32.1 Å². The minimum Gasteiger partial charge on any atom is -0.478 e. The molecule has 1 aliphatic heterocycles. The van der Waals surface area contributed by atoms with Crippen LogP contribution in [0.3, 0.4) is 0 Å². The number of esters is 1. The molecule has 0 spiro atoms. The van der Waals surface area contributed by atoms with E-state index in [9.17, 15) is 21.6 Å². The standard InChI is InChI=1S/C12H15NO7S2/c1-19-12(14)11-7-8-6-9(4-5-10(8)20-11)13(21(2,15)16)22(3,17)18/h4-6,11H,7H2,1-3H3/t11-/m1/s1. The van der Waals surface area contributed by atoms with Crippen LogP contribution in [0.25, 0.3) is 0 Å². The van der Waals surface area contributed by atoms with Gasteiger partial charge in [0.05, 0.1) is 25.3 Å². The summed E-state index contributed by atoms with van der Waals surface area (Å²) in [5.41, 5.74) is 0.503. The van der Waals surface area contributed by atoms with Crippen LogP contribution in [-0.4, -0.2) is 48.5 Å². The summed E-state index contributed by atoms with van der Waals surface area (Å²) in [4.78, 5) is 11.5. The highest BCUT2D eigenvalue weighted by Crippen LogP contribution is 2.34. The van der Waals surface area contributed by atoms with Crippen LogP contribution in [0.4, 0.5) is 5.69 Å². The van der Waals surface area contributed by atoms with Gasteiger partial charge in [0.1, 0.15) is 5.75 Å². The van der Waals surface area contributed by atoms with Gasteiger partial charge in [-0.05, 0) is 18.2 Å². The molecule has 22 heavy (non-hydrogen) atoms. The molecule has 0 unspecified atom stereocenters. The van der Waals surface area contributed by atoms with Crippen molar-refractivity contribution in [3.63, 3.8) is 0 Å². The van der Waals surface area contributed by atoms with Crippen molar-refractivity contribution in [1.82, 2.24) is 0 Å². The third-order valence-corrected chi connectivity index (χ3v) is 6.25. The molecule has 0 saturated carbocycles. The number of benzene rings is 1. The molecule has 1 aromatic carbocycles. The number of carbonyl (C=O) groups excluding carboxylic acids is 1. The van der Waals surface area contributed by atoms with Gasteiger partial charge in [0.2, 0.25) is 20.0 Å². The molecule has 0 N–H and O–H groups in total. The topological polar surface area (TPSA) is 107 Å². The fourth-order valence-electron chi connectivity index (χ4n) is 2.24. The first-order valence-corrected chi connectivity index (χ1v) is 9.81.